The lowest BCUT2D eigenvalue weighted by Gasteiger charge is -2.21. The highest BCUT2D eigenvalue weighted by molar-refractivity contribution is 7.89. The van der Waals surface area contributed by atoms with E-state index in [2.05, 4.69) is 9.46 Å². The maximum atomic E-state index is 13.2. The van der Waals surface area contributed by atoms with E-state index < -0.39 is 28.7 Å². The van der Waals surface area contributed by atoms with Crippen molar-refractivity contribution in [2.75, 3.05) is 13.7 Å². The lowest BCUT2D eigenvalue weighted by Crippen LogP contribution is -2.26. The number of aromatic nitrogens is 1. The molecule has 1 aliphatic carbocycles. The standard InChI is InChI=1S/C24H22Cl2F2N2O7S2/c1-29-39(33,34)21-6-7-38-22(21)23(31)36-19(9-15-16(25)10-30(32)11-17(15)26)14-4-5-18(37-24(27)28)20(8-14)35-12-13-2-3-13/h4-8,10-11,13,19,24,29H,2-3,9,12H2,1H3/t19-/m0/s1. The van der Waals surface area contributed by atoms with Crippen LogP contribution in [0, 0.1) is 11.1 Å². The minimum absolute atomic E-state index is 0.00372. The van der Waals surface area contributed by atoms with E-state index in [1.54, 1.807) is 0 Å². The van der Waals surface area contributed by atoms with Gasteiger partial charge in [0.15, 0.2) is 23.9 Å². The monoisotopic (exact) mass is 622 g/mol. The molecular formula is C24H22Cl2F2N2O7S2. The lowest BCUT2D eigenvalue weighted by molar-refractivity contribution is -0.605. The summed E-state index contributed by atoms with van der Waals surface area (Å²) in [7, 11) is -2.76. The van der Waals surface area contributed by atoms with Crippen molar-refractivity contribution < 1.29 is 40.9 Å². The molecule has 39 heavy (non-hydrogen) atoms. The third-order valence-corrected chi connectivity index (χ3v) is 8.93. The van der Waals surface area contributed by atoms with Crippen LogP contribution in [-0.4, -0.2) is 34.7 Å². The summed E-state index contributed by atoms with van der Waals surface area (Å²) in [4.78, 5) is 12.8. The van der Waals surface area contributed by atoms with Gasteiger partial charge in [-0.05, 0) is 54.9 Å². The van der Waals surface area contributed by atoms with Crippen molar-refractivity contribution >= 4 is 50.5 Å². The summed E-state index contributed by atoms with van der Waals surface area (Å²) in [6.07, 6.45) is 2.76. The molecule has 0 saturated heterocycles. The van der Waals surface area contributed by atoms with Crippen LogP contribution < -0.4 is 18.9 Å². The first-order chi connectivity index (χ1) is 18.5. The Bertz CT molecular complexity index is 1440. The number of pyridine rings is 1. The molecule has 3 aromatic rings. The predicted octanol–water partition coefficient (Wildman–Crippen LogP) is 5.13. The Labute approximate surface area is 236 Å². The van der Waals surface area contributed by atoms with Crippen molar-refractivity contribution in [3.8, 4) is 11.5 Å². The first kappa shape index (κ1) is 29.3. The van der Waals surface area contributed by atoms with Gasteiger partial charge >= 0.3 is 12.6 Å². The maximum absolute atomic E-state index is 13.2. The Morgan fingerprint density at radius 2 is 1.90 bits per heavy atom. The number of nitrogens with one attached hydrogen (secondary N) is 1. The smallest absolute Gasteiger partial charge is 0.387 e. The highest BCUT2D eigenvalue weighted by Crippen LogP contribution is 2.38. The summed E-state index contributed by atoms with van der Waals surface area (Å²) in [5.41, 5.74) is 0.571. The van der Waals surface area contributed by atoms with E-state index in [1.165, 1.54) is 36.7 Å². The van der Waals surface area contributed by atoms with Gasteiger partial charge in [0.25, 0.3) is 0 Å². The van der Waals surface area contributed by atoms with Gasteiger partial charge in [-0.25, -0.2) is 17.9 Å². The van der Waals surface area contributed by atoms with Gasteiger partial charge in [0.05, 0.1) is 6.61 Å². The van der Waals surface area contributed by atoms with E-state index in [-0.39, 0.29) is 49.9 Å². The molecule has 15 heteroatoms. The van der Waals surface area contributed by atoms with E-state index in [9.17, 15) is 27.2 Å². The van der Waals surface area contributed by atoms with Crippen molar-refractivity contribution in [3.63, 3.8) is 0 Å². The molecular weight excluding hydrogens is 601 g/mol. The van der Waals surface area contributed by atoms with Crippen LogP contribution >= 0.6 is 34.5 Å². The average molecular weight is 623 g/mol. The number of benzene rings is 1. The van der Waals surface area contributed by atoms with Gasteiger partial charge in [-0.15, -0.1) is 11.3 Å². The normalized spacial score (nSPS) is 14.3. The molecule has 1 N–H and O–H groups in total. The first-order valence-electron chi connectivity index (χ1n) is 11.5. The minimum atomic E-state index is -3.97. The Balaban J connectivity index is 1.73. The number of esters is 1. The summed E-state index contributed by atoms with van der Waals surface area (Å²) in [5, 5.41) is 13.1. The molecule has 0 radical (unpaired) electrons. The number of ether oxygens (including phenoxy) is 3. The molecule has 2 aromatic heterocycles. The van der Waals surface area contributed by atoms with Crippen molar-refractivity contribution in [2.45, 2.75) is 36.9 Å². The van der Waals surface area contributed by atoms with Crippen molar-refractivity contribution in [3.05, 3.63) is 73.3 Å². The third kappa shape index (κ3) is 7.28. The van der Waals surface area contributed by atoms with Crippen LogP contribution in [0.1, 0.15) is 39.7 Å². The molecule has 4 rings (SSSR count). The molecule has 0 unspecified atom stereocenters. The fourth-order valence-electron chi connectivity index (χ4n) is 3.61. The number of carbonyl (C=O) groups excluding carboxylic acids is 1. The molecule has 0 aliphatic heterocycles. The molecule has 0 amide bonds. The molecule has 210 valence electrons. The van der Waals surface area contributed by atoms with Gasteiger partial charge in [0.1, 0.15) is 25.9 Å². The summed E-state index contributed by atoms with van der Waals surface area (Å²) in [5.74, 6) is -0.852. The summed E-state index contributed by atoms with van der Waals surface area (Å²) < 4.78 is 69.5. The predicted molar refractivity (Wildman–Crippen MR) is 139 cm³/mol. The molecule has 2 heterocycles. The van der Waals surface area contributed by atoms with Gasteiger partial charge < -0.3 is 19.4 Å². The van der Waals surface area contributed by atoms with E-state index in [4.69, 9.17) is 32.7 Å². The molecule has 9 nitrogen and oxygen atoms in total. The quantitative estimate of drug-likeness (QED) is 0.169. The van der Waals surface area contributed by atoms with Crippen LogP contribution in [-0.2, 0) is 21.2 Å². The second kappa shape index (κ2) is 12.2. The van der Waals surface area contributed by atoms with E-state index in [0.717, 1.165) is 36.6 Å². The number of nitrogens with zero attached hydrogens (tertiary/aromatic N) is 1. The summed E-state index contributed by atoms with van der Waals surface area (Å²) in [6.45, 7) is -2.81. The zero-order valence-corrected chi connectivity index (χ0v) is 23.4. The number of halogens is 4. The van der Waals surface area contributed by atoms with Crippen molar-refractivity contribution in [1.82, 2.24) is 4.72 Å². The van der Waals surface area contributed by atoms with Crippen LogP contribution in [0.3, 0.4) is 0 Å². The van der Waals surface area contributed by atoms with E-state index in [0.29, 0.717) is 16.2 Å². The zero-order valence-electron chi connectivity index (χ0n) is 20.2. The second-order valence-electron chi connectivity index (χ2n) is 8.55. The molecule has 0 bridgehead atoms. The van der Waals surface area contributed by atoms with E-state index in [1.807, 2.05) is 0 Å². The Hall–Kier alpha value is -2.71. The number of thiophene rings is 1. The molecule has 0 spiro atoms. The van der Waals surface area contributed by atoms with Gasteiger partial charge in [0.2, 0.25) is 10.0 Å². The van der Waals surface area contributed by atoms with Crippen LogP contribution in [0.25, 0.3) is 0 Å². The van der Waals surface area contributed by atoms with Crippen molar-refractivity contribution in [2.24, 2.45) is 5.92 Å². The highest BCUT2D eigenvalue weighted by atomic mass is 35.5. The molecule has 1 atom stereocenters. The zero-order chi connectivity index (χ0) is 28.3. The van der Waals surface area contributed by atoms with Gasteiger partial charge in [0, 0.05) is 12.0 Å². The number of carbonyl (C=O) groups is 1. The summed E-state index contributed by atoms with van der Waals surface area (Å²) in [6, 6.07) is 5.32. The number of sulfonamides is 1. The maximum Gasteiger partial charge on any atom is 0.387 e. The fourth-order valence-corrected chi connectivity index (χ4v) is 6.23. The third-order valence-electron chi connectivity index (χ3n) is 5.80. The Morgan fingerprint density at radius 1 is 1.21 bits per heavy atom. The Kier molecular flexibility index (Phi) is 9.17. The fraction of sp³-hybridized carbons (Fsp3) is 0.333. The molecule has 1 aromatic carbocycles. The molecule has 1 saturated carbocycles. The number of hydrogen-bond acceptors (Lipinski definition) is 8. The van der Waals surface area contributed by atoms with Gasteiger partial charge in [-0.2, -0.15) is 13.5 Å². The van der Waals surface area contributed by atoms with Crippen molar-refractivity contribution in [1.29, 1.82) is 0 Å². The topological polar surface area (TPSA) is 118 Å². The largest absolute Gasteiger partial charge is 0.619 e. The number of rotatable bonds is 12. The Morgan fingerprint density at radius 3 is 2.51 bits per heavy atom. The first-order valence-corrected chi connectivity index (χ1v) is 14.6. The molecule has 1 fully saturated rings. The van der Waals surface area contributed by atoms with Crippen LogP contribution in [0.2, 0.25) is 10.0 Å². The van der Waals surface area contributed by atoms with Gasteiger partial charge in [-0.1, -0.05) is 29.3 Å². The molecule has 1 aliphatic rings. The minimum Gasteiger partial charge on any atom is -0.619 e. The second-order valence-corrected chi connectivity index (χ2v) is 12.1. The van der Waals surface area contributed by atoms with Crippen LogP contribution in [0.5, 0.6) is 11.5 Å². The van der Waals surface area contributed by atoms with Crippen LogP contribution in [0.4, 0.5) is 8.78 Å². The van der Waals surface area contributed by atoms with E-state index >= 15 is 0 Å². The lowest BCUT2D eigenvalue weighted by atomic mass is 10.0. The highest BCUT2D eigenvalue weighted by Gasteiger charge is 2.29. The summed E-state index contributed by atoms with van der Waals surface area (Å²) >= 11 is 13.4. The number of hydrogen-bond donors (Lipinski definition) is 1. The SMILES string of the molecule is CNS(=O)(=O)c1ccsc1C(=O)O[C@@H](Cc1c(Cl)c[n+]([O-])cc1Cl)c1ccc(OC(F)F)c(OCC2CC2)c1. The van der Waals surface area contributed by atoms with Crippen LogP contribution in [0.15, 0.2) is 46.9 Å². The number of alkyl halides is 2. The average Bonchev–Trinajstić information content (AvgIpc) is 3.56. The van der Waals surface area contributed by atoms with Gasteiger partial charge in [-0.3, -0.25) is 0 Å².